The van der Waals surface area contributed by atoms with Gasteiger partial charge in [0.15, 0.2) is 0 Å². The van der Waals surface area contributed by atoms with E-state index in [1.54, 1.807) is 0 Å². The van der Waals surface area contributed by atoms with Gasteiger partial charge >= 0.3 is 0 Å². The van der Waals surface area contributed by atoms with Gasteiger partial charge in [-0.1, -0.05) is 26.0 Å². The van der Waals surface area contributed by atoms with Crippen molar-refractivity contribution in [2.75, 3.05) is 0 Å². The van der Waals surface area contributed by atoms with Crippen LogP contribution in [-0.2, 0) is 13.1 Å². The number of thiophene rings is 1. The molecule has 0 aliphatic carbocycles. The highest BCUT2D eigenvalue weighted by Crippen LogP contribution is 2.20. The lowest BCUT2D eigenvalue weighted by molar-refractivity contribution is 0.593. The molecule has 0 unspecified atom stereocenters. The van der Waals surface area contributed by atoms with E-state index in [0.29, 0.717) is 6.04 Å². The van der Waals surface area contributed by atoms with Crippen LogP contribution in [0.15, 0.2) is 42.7 Å². The molecule has 0 fully saturated rings. The lowest BCUT2D eigenvalue weighted by atomic mass is 10.3. The standard InChI is InChI=1S/C16H19N3S/c1-12(2)17-9-13-7-8-14(20-13)10-19-11-18-15-5-3-4-6-16(15)19/h3-8,11-12,17H,9-10H2,1-2H3. The topological polar surface area (TPSA) is 29.9 Å². The zero-order chi connectivity index (χ0) is 13.9. The molecule has 20 heavy (non-hydrogen) atoms. The van der Waals surface area contributed by atoms with Crippen LogP contribution in [-0.4, -0.2) is 15.6 Å². The minimum atomic E-state index is 0.526. The molecule has 0 aliphatic rings. The van der Waals surface area contributed by atoms with Crippen molar-refractivity contribution in [1.29, 1.82) is 0 Å². The van der Waals surface area contributed by atoms with Gasteiger partial charge in [0.2, 0.25) is 0 Å². The minimum Gasteiger partial charge on any atom is -0.325 e. The van der Waals surface area contributed by atoms with Crippen LogP contribution in [0.2, 0.25) is 0 Å². The van der Waals surface area contributed by atoms with Crippen LogP contribution in [0.5, 0.6) is 0 Å². The third-order valence-corrected chi connectivity index (χ3v) is 4.33. The van der Waals surface area contributed by atoms with Crippen molar-refractivity contribution in [3.8, 4) is 0 Å². The molecule has 0 amide bonds. The Morgan fingerprint density at radius 1 is 1.15 bits per heavy atom. The normalized spacial score (nSPS) is 11.6. The Balaban J connectivity index is 1.74. The van der Waals surface area contributed by atoms with Gasteiger partial charge in [0, 0.05) is 22.3 Å². The fraction of sp³-hybridized carbons (Fsp3) is 0.312. The van der Waals surface area contributed by atoms with Gasteiger partial charge in [0.1, 0.15) is 0 Å². The molecule has 0 saturated carbocycles. The molecule has 0 aliphatic heterocycles. The quantitative estimate of drug-likeness (QED) is 0.775. The van der Waals surface area contributed by atoms with E-state index in [1.165, 1.54) is 15.3 Å². The van der Waals surface area contributed by atoms with Crippen LogP contribution in [0.3, 0.4) is 0 Å². The molecule has 4 heteroatoms. The van der Waals surface area contributed by atoms with Crippen LogP contribution in [0.1, 0.15) is 23.6 Å². The Labute approximate surface area is 123 Å². The monoisotopic (exact) mass is 285 g/mol. The third-order valence-electron chi connectivity index (χ3n) is 3.26. The van der Waals surface area contributed by atoms with Gasteiger partial charge in [-0.25, -0.2) is 4.98 Å². The molecule has 2 heterocycles. The second-order valence-corrected chi connectivity index (χ2v) is 6.52. The summed E-state index contributed by atoms with van der Waals surface area (Å²) in [6, 6.07) is 13.2. The second-order valence-electron chi connectivity index (χ2n) is 5.26. The van der Waals surface area contributed by atoms with Gasteiger partial charge in [-0.15, -0.1) is 11.3 Å². The Kier molecular flexibility index (Phi) is 3.85. The highest BCUT2D eigenvalue weighted by atomic mass is 32.1. The minimum absolute atomic E-state index is 0.526. The van der Waals surface area contributed by atoms with E-state index in [1.807, 2.05) is 23.7 Å². The fourth-order valence-corrected chi connectivity index (χ4v) is 3.18. The molecule has 0 saturated heterocycles. The Bertz CT molecular complexity index is 696. The summed E-state index contributed by atoms with van der Waals surface area (Å²) in [6.07, 6.45) is 1.93. The molecule has 3 aromatic rings. The smallest absolute Gasteiger partial charge is 0.0961 e. The van der Waals surface area contributed by atoms with Crippen LogP contribution >= 0.6 is 11.3 Å². The highest BCUT2D eigenvalue weighted by molar-refractivity contribution is 7.11. The molecule has 2 aromatic heterocycles. The number of hydrogen-bond donors (Lipinski definition) is 1. The Hall–Kier alpha value is -1.65. The number of nitrogens with one attached hydrogen (secondary N) is 1. The number of para-hydroxylation sites is 2. The van der Waals surface area contributed by atoms with Crippen LogP contribution in [0, 0.1) is 0 Å². The molecule has 104 valence electrons. The van der Waals surface area contributed by atoms with E-state index >= 15 is 0 Å². The van der Waals surface area contributed by atoms with Gasteiger partial charge in [0.25, 0.3) is 0 Å². The number of imidazole rings is 1. The van der Waals surface area contributed by atoms with Gasteiger partial charge < -0.3 is 9.88 Å². The third kappa shape index (κ3) is 2.92. The summed E-state index contributed by atoms with van der Waals surface area (Å²) in [4.78, 5) is 7.19. The lowest BCUT2D eigenvalue weighted by Gasteiger charge is -2.05. The molecule has 3 nitrogen and oxygen atoms in total. The second kappa shape index (κ2) is 5.77. The van der Waals surface area contributed by atoms with Crippen molar-refractivity contribution in [1.82, 2.24) is 14.9 Å². The first-order valence-electron chi connectivity index (χ1n) is 6.93. The largest absolute Gasteiger partial charge is 0.325 e. The number of fused-ring (bicyclic) bond motifs is 1. The first kappa shape index (κ1) is 13.3. The number of aromatic nitrogens is 2. The molecule has 0 atom stereocenters. The van der Waals surface area contributed by atoms with E-state index in [-0.39, 0.29) is 0 Å². The summed E-state index contributed by atoms with van der Waals surface area (Å²) >= 11 is 1.87. The molecule has 0 bridgehead atoms. The summed E-state index contributed by atoms with van der Waals surface area (Å²) < 4.78 is 2.21. The summed E-state index contributed by atoms with van der Waals surface area (Å²) in [5.74, 6) is 0. The maximum Gasteiger partial charge on any atom is 0.0961 e. The van der Waals surface area contributed by atoms with Crippen LogP contribution < -0.4 is 5.32 Å². The number of nitrogens with zero attached hydrogens (tertiary/aromatic N) is 2. The van der Waals surface area contributed by atoms with Crippen molar-refractivity contribution in [3.05, 3.63) is 52.5 Å². The molecular weight excluding hydrogens is 266 g/mol. The van der Waals surface area contributed by atoms with Crippen molar-refractivity contribution in [2.45, 2.75) is 33.0 Å². The number of benzene rings is 1. The molecule has 1 aromatic carbocycles. The van der Waals surface area contributed by atoms with Crippen LogP contribution in [0.4, 0.5) is 0 Å². The average Bonchev–Trinajstić information content (AvgIpc) is 3.05. The van der Waals surface area contributed by atoms with Crippen molar-refractivity contribution < 1.29 is 0 Å². The van der Waals surface area contributed by atoms with E-state index < -0.39 is 0 Å². The van der Waals surface area contributed by atoms with E-state index in [4.69, 9.17) is 0 Å². The fourth-order valence-electron chi connectivity index (χ4n) is 2.21. The maximum absolute atomic E-state index is 4.44. The average molecular weight is 285 g/mol. The molecule has 0 spiro atoms. The summed E-state index contributed by atoms with van der Waals surface area (Å²) in [6.45, 7) is 6.19. The van der Waals surface area contributed by atoms with Crippen molar-refractivity contribution in [2.24, 2.45) is 0 Å². The molecule has 3 rings (SSSR count). The predicted molar refractivity (Wildman–Crippen MR) is 85.1 cm³/mol. The number of rotatable bonds is 5. The first-order chi connectivity index (χ1) is 9.72. The first-order valence-corrected chi connectivity index (χ1v) is 7.75. The van der Waals surface area contributed by atoms with Crippen molar-refractivity contribution >= 4 is 22.4 Å². The van der Waals surface area contributed by atoms with Gasteiger partial charge in [-0.3, -0.25) is 0 Å². The molecular formula is C16H19N3S. The summed E-state index contributed by atoms with van der Waals surface area (Å²) in [7, 11) is 0. The van der Waals surface area contributed by atoms with Gasteiger partial charge in [0.05, 0.1) is 23.9 Å². The van der Waals surface area contributed by atoms with E-state index in [9.17, 15) is 0 Å². The Morgan fingerprint density at radius 3 is 2.80 bits per heavy atom. The van der Waals surface area contributed by atoms with Gasteiger partial charge in [-0.2, -0.15) is 0 Å². The predicted octanol–water partition coefficient (Wildman–Crippen LogP) is 3.64. The highest BCUT2D eigenvalue weighted by Gasteiger charge is 2.05. The lowest BCUT2D eigenvalue weighted by Crippen LogP contribution is -2.21. The van der Waals surface area contributed by atoms with Crippen LogP contribution in [0.25, 0.3) is 11.0 Å². The summed E-state index contributed by atoms with van der Waals surface area (Å²) in [5.41, 5.74) is 2.26. The zero-order valence-corrected chi connectivity index (χ0v) is 12.7. The molecule has 1 N–H and O–H groups in total. The van der Waals surface area contributed by atoms with Crippen molar-refractivity contribution in [3.63, 3.8) is 0 Å². The summed E-state index contributed by atoms with van der Waals surface area (Å²) in [5, 5.41) is 3.45. The molecule has 0 radical (unpaired) electrons. The Morgan fingerprint density at radius 2 is 1.95 bits per heavy atom. The van der Waals surface area contributed by atoms with E-state index in [2.05, 4.69) is 59.0 Å². The number of hydrogen-bond acceptors (Lipinski definition) is 3. The van der Waals surface area contributed by atoms with E-state index in [0.717, 1.165) is 18.6 Å². The van der Waals surface area contributed by atoms with Gasteiger partial charge in [-0.05, 0) is 24.3 Å². The maximum atomic E-state index is 4.44. The zero-order valence-electron chi connectivity index (χ0n) is 11.8. The SMILES string of the molecule is CC(C)NCc1ccc(Cn2cnc3ccccc32)s1.